The van der Waals surface area contributed by atoms with Crippen LogP contribution in [-0.2, 0) is 0 Å². The molecule has 0 aliphatic carbocycles. The predicted molar refractivity (Wildman–Crippen MR) is 61.0 cm³/mol. The number of nitrogens with two attached hydrogens (primary N) is 1. The van der Waals surface area contributed by atoms with E-state index in [2.05, 4.69) is 4.98 Å². The molecule has 5 heteroatoms. The summed E-state index contributed by atoms with van der Waals surface area (Å²) in [5.41, 5.74) is 7.38. The Morgan fingerprint density at radius 1 is 1.43 bits per heavy atom. The first-order chi connectivity index (χ1) is 6.66. The number of aromatic amines is 1. The number of hydrogen-bond donors (Lipinski definition) is 3. The maximum atomic E-state index is 9.29. The number of aromatic hydroxyl groups is 1. The number of aromatic nitrogens is 1. The van der Waals surface area contributed by atoms with Gasteiger partial charge in [-0.05, 0) is 24.4 Å². The zero-order valence-corrected chi connectivity index (χ0v) is 8.78. The number of benzene rings is 1. The first kappa shape index (κ1) is 9.23. The standard InChI is InChI=1S/C9H8N2OS2/c10-8-7(11-9(13)14-8)5-2-1-3-6(12)4-5/h1-4,12H,10H2,(H,11,13). The van der Waals surface area contributed by atoms with Crippen LogP contribution < -0.4 is 5.73 Å². The predicted octanol–water partition coefficient (Wildman–Crippen LogP) is 2.76. The van der Waals surface area contributed by atoms with Crippen LogP contribution in [-0.4, -0.2) is 10.1 Å². The van der Waals surface area contributed by atoms with Gasteiger partial charge in [0.25, 0.3) is 0 Å². The van der Waals surface area contributed by atoms with E-state index >= 15 is 0 Å². The lowest BCUT2D eigenvalue weighted by Gasteiger charge is -1.99. The van der Waals surface area contributed by atoms with Crippen LogP contribution in [0.1, 0.15) is 0 Å². The Bertz CT molecular complexity index is 516. The lowest BCUT2D eigenvalue weighted by atomic mass is 10.1. The van der Waals surface area contributed by atoms with Gasteiger partial charge in [-0.3, -0.25) is 0 Å². The molecule has 2 aromatic rings. The van der Waals surface area contributed by atoms with Gasteiger partial charge >= 0.3 is 0 Å². The molecule has 0 bridgehead atoms. The fourth-order valence-electron chi connectivity index (χ4n) is 1.22. The summed E-state index contributed by atoms with van der Waals surface area (Å²) < 4.78 is 0.640. The van der Waals surface area contributed by atoms with Crippen molar-refractivity contribution in [2.24, 2.45) is 0 Å². The minimum absolute atomic E-state index is 0.215. The Morgan fingerprint density at radius 3 is 2.79 bits per heavy atom. The van der Waals surface area contributed by atoms with Gasteiger partial charge in [0.1, 0.15) is 10.8 Å². The van der Waals surface area contributed by atoms with Crippen molar-refractivity contribution in [2.75, 3.05) is 5.73 Å². The van der Waals surface area contributed by atoms with Crippen LogP contribution in [0, 0.1) is 3.95 Å². The third-order valence-electron chi connectivity index (χ3n) is 1.81. The van der Waals surface area contributed by atoms with Crippen molar-refractivity contribution in [1.82, 2.24) is 4.98 Å². The van der Waals surface area contributed by atoms with Gasteiger partial charge in [0.2, 0.25) is 0 Å². The number of phenolic OH excluding ortho intramolecular Hbond substituents is 1. The number of nitrogen functional groups attached to an aromatic ring is 1. The van der Waals surface area contributed by atoms with E-state index in [4.69, 9.17) is 18.0 Å². The molecular weight excluding hydrogens is 216 g/mol. The van der Waals surface area contributed by atoms with E-state index in [-0.39, 0.29) is 5.75 Å². The largest absolute Gasteiger partial charge is 0.508 e. The molecule has 3 nitrogen and oxygen atoms in total. The second-order valence-corrected chi connectivity index (χ2v) is 4.52. The monoisotopic (exact) mass is 224 g/mol. The number of anilines is 1. The number of thiazole rings is 1. The molecule has 0 radical (unpaired) electrons. The van der Waals surface area contributed by atoms with Crippen LogP contribution in [0.25, 0.3) is 11.3 Å². The highest BCUT2D eigenvalue weighted by Crippen LogP contribution is 2.30. The second-order valence-electron chi connectivity index (χ2n) is 2.80. The Kier molecular flexibility index (Phi) is 2.26. The van der Waals surface area contributed by atoms with Crippen molar-refractivity contribution in [3.05, 3.63) is 28.2 Å². The number of rotatable bonds is 1. The van der Waals surface area contributed by atoms with E-state index in [1.54, 1.807) is 18.2 Å². The van der Waals surface area contributed by atoms with Crippen LogP contribution in [0.5, 0.6) is 5.75 Å². The minimum atomic E-state index is 0.215. The highest BCUT2D eigenvalue weighted by Gasteiger charge is 2.05. The molecule has 0 atom stereocenters. The van der Waals surface area contributed by atoms with Crippen LogP contribution in [0.15, 0.2) is 24.3 Å². The summed E-state index contributed by atoms with van der Waals surface area (Å²) in [7, 11) is 0. The second kappa shape index (κ2) is 3.43. The van der Waals surface area contributed by atoms with Crippen LogP contribution >= 0.6 is 23.6 Å². The maximum Gasteiger partial charge on any atom is 0.160 e. The third-order valence-corrected chi connectivity index (χ3v) is 2.87. The molecule has 0 amide bonds. The van der Waals surface area contributed by atoms with Crippen molar-refractivity contribution in [3.8, 4) is 17.0 Å². The highest BCUT2D eigenvalue weighted by atomic mass is 32.1. The number of H-pyrrole nitrogens is 1. The zero-order chi connectivity index (χ0) is 10.1. The van der Waals surface area contributed by atoms with Gasteiger partial charge in [0.15, 0.2) is 3.95 Å². The molecule has 1 aromatic heterocycles. The lowest BCUT2D eigenvalue weighted by Crippen LogP contribution is -1.85. The van der Waals surface area contributed by atoms with E-state index in [1.807, 2.05) is 6.07 Å². The average molecular weight is 224 g/mol. The maximum absolute atomic E-state index is 9.29. The Labute approximate surface area is 89.8 Å². The number of hydrogen-bond acceptors (Lipinski definition) is 4. The van der Waals surface area contributed by atoms with Gasteiger partial charge in [0.05, 0.1) is 5.69 Å². The summed E-state index contributed by atoms with van der Waals surface area (Å²) in [4.78, 5) is 2.99. The van der Waals surface area contributed by atoms with Crippen molar-refractivity contribution in [3.63, 3.8) is 0 Å². The van der Waals surface area contributed by atoms with Gasteiger partial charge < -0.3 is 15.8 Å². The van der Waals surface area contributed by atoms with Gasteiger partial charge in [-0.15, -0.1) is 0 Å². The molecule has 0 saturated carbocycles. The topological polar surface area (TPSA) is 62.0 Å². The molecule has 1 heterocycles. The molecule has 72 valence electrons. The van der Waals surface area contributed by atoms with E-state index in [0.29, 0.717) is 8.96 Å². The van der Waals surface area contributed by atoms with E-state index in [1.165, 1.54) is 11.3 Å². The molecule has 1 aromatic carbocycles. The van der Waals surface area contributed by atoms with Crippen LogP contribution in [0.2, 0.25) is 0 Å². The summed E-state index contributed by atoms with van der Waals surface area (Å²) in [6.45, 7) is 0. The smallest absolute Gasteiger partial charge is 0.160 e. The van der Waals surface area contributed by atoms with Crippen LogP contribution in [0.4, 0.5) is 5.00 Å². The SMILES string of the molecule is Nc1sc(=S)[nH]c1-c1cccc(O)c1. The quantitative estimate of drug-likeness (QED) is 0.653. The number of nitrogens with one attached hydrogen (secondary N) is 1. The molecule has 0 unspecified atom stereocenters. The molecule has 14 heavy (non-hydrogen) atoms. The fraction of sp³-hybridized carbons (Fsp3) is 0. The lowest BCUT2D eigenvalue weighted by molar-refractivity contribution is 0.475. The first-order valence-corrected chi connectivity index (χ1v) is 5.17. The van der Waals surface area contributed by atoms with Crippen molar-refractivity contribution >= 4 is 28.6 Å². The normalized spacial score (nSPS) is 10.3. The summed E-state index contributed by atoms with van der Waals surface area (Å²) in [6.07, 6.45) is 0. The van der Waals surface area contributed by atoms with E-state index in [0.717, 1.165) is 11.3 Å². The Hall–Kier alpha value is -1.33. The first-order valence-electron chi connectivity index (χ1n) is 3.95. The molecule has 4 N–H and O–H groups in total. The zero-order valence-electron chi connectivity index (χ0n) is 7.15. The summed E-state index contributed by atoms with van der Waals surface area (Å²) in [6, 6.07) is 6.88. The minimum Gasteiger partial charge on any atom is -0.508 e. The molecule has 0 aliphatic heterocycles. The molecular formula is C9H8N2OS2. The molecule has 2 rings (SSSR count). The molecule has 0 spiro atoms. The van der Waals surface area contributed by atoms with Gasteiger partial charge in [0, 0.05) is 5.56 Å². The number of phenols is 1. The fourth-order valence-corrected chi connectivity index (χ4v) is 2.21. The summed E-state index contributed by atoms with van der Waals surface area (Å²) >= 11 is 6.30. The van der Waals surface area contributed by atoms with Gasteiger partial charge in [-0.25, -0.2) is 0 Å². The van der Waals surface area contributed by atoms with Crippen molar-refractivity contribution in [2.45, 2.75) is 0 Å². The molecule has 0 aliphatic rings. The average Bonchev–Trinajstić information content (AvgIpc) is 2.45. The third kappa shape index (κ3) is 1.64. The van der Waals surface area contributed by atoms with Crippen molar-refractivity contribution in [1.29, 1.82) is 0 Å². The molecule has 0 fully saturated rings. The molecule has 0 saturated heterocycles. The van der Waals surface area contributed by atoms with Crippen LogP contribution in [0.3, 0.4) is 0 Å². The summed E-state index contributed by atoms with van der Waals surface area (Å²) in [5, 5.41) is 9.93. The van der Waals surface area contributed by atoms with Gasteiger partial charge in [-0.2, -0.15) is 0 Å². The summed E-state index contributed by atoms with van der Waals surface area (Å²) in [5.74, 6) is 0.215. The Balaban J connectivity index is 2.59. The van der Waals surface area contributed by atoms with E-state index < -0.39 is 0 Å². The van der Waals surface area contributed by atoms with Gasteiger partial charge in [-0.1, -0.05) is 23.5 Å². The highest BCUT2D eigenvalue weighted by molar-refractivity contribution is 7.73. The van der Waals surface area contributed by atoms with Crippen molar-refractivity contribution < 1.29 is 5.11 Å². The Morgan fingerprint density at radius 2 is 2.21 bits per heavy atom. The van der Waals surface area contributed by atoms with E-state index in [9.17, 15) is 5.11 Å².